The molecule has 0 bridgehead atoms. The maximum absolute atomic E-state index is 13.0. The molecule has 1 heterocycles. The molecule has 7 heteroatoms. The summed E-state index contributed by atoms with van der Waals surface area (Å²) in [7, 11) is 0. The van der Waals surface area contributed by atoms with Crippen LogP contribution in [0.2, 0.25) is 0 Å². The number of aryl methyl sites for hydroxylation is 1. The smallest absolute Gasteiger partial charge is 0.380 e. The number of aliphatic hydroxyl groups excluding tert-OH is 1. The van der Waals surface area contributed by atoms with Crippen molar-refractivity contribution in [2.24, 2.45) is 0 Å². The Morgan fingerprint density at radius 1 is 1.35 bits per heavy atom. The zero-order chi connectivity index (χ0) is 14.9. The standard InChI is InChI=1S/C13H12F4N2O/c1-2-19-6-5-18-12(19)11(20)9-4-3-8(14)7-10(9)13(15,16)17/h3-7,11,20H,2H2,1H3. The van der Waals surface area contributed by atoms with Gasteiger partial charge >= 0.3 is 6.18 Å². The predicted molar refractivity (Wildman–Crippen MR) is 63.4 cm³/mol. The first-order chi connectivity index (χ1) is 9.34. The molecule has 0 saturated heterocycles. The van der Waals surface area contributed by atoms with E-state index in [0.717, 1.165) is 12.1 Å². The van der Waals surface area contributed by atoms with Gasteiger partial charge in [-0.2, -0.15) is 13.2 Å². The van der Waals surface area contributed by atoms with E-state index in [0.29, 0.717) is 12.6 Å². The third-order valence-electron chi connectivity index (χ3n) is 2.95. The molecule has 2 rings (SSSR count). The van der Waals surface area contributed by atoms with Crippen LogP contribution in [0.5, 0.6) is 0 Å². The van der Waals surface area contributed by atoms with Crippen LogP contribution in [-0.4, -0.2) is 14.7 Å². The molecule has 0 aliphatic heterocycles. The topological polar surface area (TPSA) is 38.0 Å². The van der Waals surface area contributed by atoms with Crippen molar-refractivity contribution >= 4 is 0 Å². The molecular formula is C13H12F4N2O. The first-order valence-electron chi connectivity index (χ1n) is 5.90. The van der Waals surface area contributed by atoms with Crippen LogP contribution >= 0.6 is 0 Å². The maximum Gasteiger partial charge on any atom is 0.416 e. The van der Waals surface area contributed by atoms with E-state index in [1.54, 1.807) is 13.1 Å². The van der Waals surface area contributed by atoms with Crippen LogP contribution < -0.4 is 0 Å². The Morgan fingerprint density at radius 3 is 2.65 bits per heavy atom. The van der Waals surface area contributed by atoms with Crippen molar-refractivity contribution < 1.29 is 22.7 Å². The number of aliphatic hydroxyl groups is 1. The lowest BCUT2D eigenvalue weighted by Crippen LogP contribution is -2.16. The molecule has 1 N–H and O–H groups in total. The highest BCUT2D eigenvalue weighted by atomic mass is 19.4. The largest absolute Gasteiger partial charge is 0.416 e. The molecule has 20 heavy (non-hydrogen) atoms. The zero-order valence-corrected chi connectivity index (χ0v) is 10.5. The van der Waals surface area contributed by atoms with Crippen LogP contribution in [0.25, 0.3) is 0 Å². The number of hydrogen-bond donors (Lipinski definition) is 1. The molecule has 1 aromatic carbocycles. The molecule has 0 aliphatic rings. The Bertz CT molecular complexity index is 607. The normalized spacial score (nSPS) is 13.5. The first-order valence-corrected chi connectivity index (χ1v) is 5.90. The number of benzene rings is 1. The SMILES string of the molecule is CCn1ccnc1C(O)c1ccc(F)cc1C(F)(F)F. The van der Waals surface area contributed by atoms with Crippen LogP contribution in [0.15, 0.2) is 30.6 Å². The molecule has 2 aromatic rings. The highest BCUT2D eigenvalue weighted by Crippen LogP contribution is 2.36. The van der Waals surface area contributed by atoms with Crippen LogP contribution in [0.1, 0.15) is 30.0 Å². The Hall–Kier alpha value is -1.89. The average Bonchev–Trinajstić information content (AvgIpc) is 2.85. The Morgan fingerprint density at radius 2 is 2.05 bits per heavy atom. The predicted octanol–water partition coefficient (Wildman–Crippen LogP) is 3.14. The highest BCUT2D eigenvalue weighted by Gasteiger charge is 2.36. The number of alkyl halides is 3. The summed E-state index contributed by atoms with van der Waals surface area (Å²) >= 11 is 0. The van der Waals surface area contributed by atoms with Gasteiger partial charge in [-0.05, 0) is 19.1 Å². The van der Waals surface area contributed by atoms with E-state index in [2.05, 4.69) is 4.98 Å². The van der Waals surface area contributed by atoms with E-state index in [-0.39, 0.29) is 5.82 Å². The fourth-order valence-corrected chi connectivity index (χ4v) is 1.99. The van der Waals surface area contributed by atoms with E-state index < -0.39 is 29.2 Å². The number of aromatic nitrogens is 2. The van der Waals surface area contributed by atoms with Crippen molar-refractivity contribution in [3.8, 4) is 0 Å². The minimum atomic E-state index is -4.75. The van der Waals surface area contributed by atoms with Crippen molar-refractivity contribution in [1.82, 2.24) is 9.55 Å². The molecular weight excluding hydrogens is 276 g/mol. The average molecular weight is 288 g/mol. The monoisotopic (exact) mass is 288 g/mol. The van der Waals surface area contributed by atoms with Crippen LogP contribution in [-0.2, 0) is 12.7 Å². The third-order valence-corrected chi connectivity index (χ3v) is 2.95. The summed E-state index contributed by atoms with van der Waals surface area (Å²) in [5.41, 5.74) is -1.62. The second-order valence-corrected chi connectivity index (χ2v) is 4.20. The molecule has 0 radical (unpaired) electrons. The quantitative estimate of drug-likeness (QED) is 0.881. The second kappa shape index (κ2) is 5.24. The summed E-state index contributed by atoms with van der Waals surface area (Å²) in [6.07, 6.45) is -3.38. The van der Waals surface area contributed by atoms with E-state index >= 15 is 0 Å². The lowest BCUT2D eigenvalue weighted by Gasteiger charge is -2.18. The van der Waals surface area contributed by atoms with E-state index in [1.807, 2.05) is 0 Å². The minimum Gasteiger partial charge on any atom is -0.380 e. The van der Waals surface area contributed by atoms with E-state index in [4.69, 9.17) is 0 Å². The van der Waals surface area contributed by atoms with E-state index in [1.165, 1.54) is 10.8 Å². The van der Waals surface area contributed by atoms with Gasteiger partial charge in [-0.1, -0.05) is 6.07 Å². The van der Waals surface area contributed by atoms with Gasteiger partial charge in [-0.25, -0.2) is 9.37 Å². The summed E-state index contributed by atoms with van der Waals surface area (Å²) < 4.78 is 53.3. The second-order valence-electron chi connectivity index (χ2n) is 4.20. The zero-order valence-electron chi connectivity index (χ0n) is 10.5. The van der Waals surface area contributed by atoms with E-state index in [9.17, 15) is 22.7 Å². The Balaban J connectivity index is 2.52. The van der Waals surface area contributed by atoms with Crippen LogP contribution in [0.3, 0.4) is 0 Å². The summed E-state index contributed by atoms with van der Waals surface area (Å²) in [5, 5.41) is 10.1. The van der Waals surface area contributed by atoms with Gasteiger partial charge in [-0.3, -0.25) is 0 Å². The lowest BCUT2D eigenvalue weighted by atomic mass is 10.0. The fourth-order valence-electron chi connectivity index (χ4n) is 1.99. The van der Waals surface area contributed by atoms with Crippen molar-refractivity contribution in [3.63, 3.8) is 0 Å². The minimum absolute atomic E-state index is 0.0876. The summed E-state index contributed by atoms with van der Waals surface area (Å²) in [6, 6.07) is 2.18. The summed E-state index contributed by atoms with van der Waals surface area (Å²) in [4.78, 5) is 3.86. The first kappa shape index (κ1) is 14.5. The van der Waals surface area contributed by atoms with Gasteiger partial charge in [0.1, 0.15) is 17.7 Å². The number of imidazole rings is 1. The molecule has 0 spiro atoms. The molecule has 3 nitrogen and oxygen atoms in total. The molecule has 1 aromatic heterocycles. The van der Waals surface area contributed by atoms with Crippen molar-refractivity contribution in [2.45, 2.75) is 25.7 Å². The molecule has 108 valence electrons. The van der Waals surface area contributed by atoms with Crippen molar-refractivity contribution in [2.75, 3.05) is 0 Å². The van der Waals surface area contributed by atoms with Crippen LogP contribution in [0, 0.1) is 5.82 Å². The van der Waals surface area contributed by atoms with Gasteiger partial charge in [-0.15, -0.1) is 0 Å². The van der Waals surface area contributed by atoms with Gasteiger partial charge in [0.2, 0.25) is 0 Å². The molecule has 0 saturated carbocycles. The van der Waals surface area contributed by atoms with Crippen molar-refractivity contribution in [1.29, 1.82) is 0 Å². The number of hydrogen-bond acceptors (Lipinski definition) is 2. The molecule has 0 amide bonds. The Kier molecular flexibility index (Phi) is 3.80. The van der Waals surface area contributed by atoms with Gasteiger partial charge in [0.25, 0.3) is 0 Å². The summed E-state index contributed by atoms with van der Waals surface area (Å²) in [6.45, 7) is 2.22. The van der Waals surface area contributed by atoms with Gasteiger partial charge in [0.05, 0.1) is 5.56 Å². The van der Waals surface area contributed by atoms with Gasteiger partial charge in [0.15, 0.2) is 0 Å². The number of rotatable bonds is 3. The maximum atomic E-state index is 13.0. The van der Waals surface area contributed by atoms with Gasteiger partial charge < -0.3 is 9.67 Å². The van der Waals surface area contributed by atoms with Crippen LogP contribution in [0.4, 0.5) is 17.6 Å². The highest BCUT2D eigenvalue weighted by molar-refractivity contribution is 5.35. The van der Waals surface area contributed by atoms with Gasteiger partial charge in [0, 0.05) is 24.5 Å². The fraction of sp³-hybridized carbons (Fsp3) is 0.308. The third kappa shape index (κ3) is 2.67. The molecule has 1 unspecified atom stereocenters. The number of halogens is 4. The Labute approximate surface area is 112 Å². The number of nitrogens with zero attached hydrogens (tertiary/aromatic N) is 2. The molecule has 0 fully saturated rings. The van der Waals surface area contributed by atoms with Crippen molar-refractivity contribution in [3.05, 3.63) is 53.4 Å². The molecule has 1 atom stereocenters. The molecule has 0 aliphatic carbocycles. The lowest BCUT2D eigenvalue weighted by molar-refractivity contribution is -0.139. The summed E-state index contributed by atoms with van der Waals surface area (Å²) in [5.74, 6) is -0.920.